The summed E-state index contributed by atoms with van der Waals surface area (Å²) in [5, 5.41) is 9.68. The predicted molar refractivity (Wildman–Crippen MR) is 116 cm³/mol. The van der Waals surface area contributed by atoms with Gasteiger partial charge in [0, 0.05) is 12.5 Å². The van der Waals surface area contributed by atoms with E-state index in [0.717, 1.165) is 24.4 Å². The third-order valence-corrected chi connectivity index (χ3v) is 8.70. The summed E-state index contributed by atoms with van der Waals surface area (Å²) < 4.78 is 9.22. The van der Waals surface area contributed by atoms with Gasteiger partial charge in [0.05, 0.1) is 6.10 Å². The van der Waals surface area contributed by atoms with E-state index >= 15 is 0 Å². The summed E-state index contributed by atoms with van der Waals surface area (Å²) in [6, 6.07) is 0. The number of hydrogen-bond donors (Lipinski definition) is 1. The molecule has 3 heterocycles. The average molecular weight is 396 g/mol. The monoisotopic (exact) mass is 395 g/mol. The Morgan fingerprint density at radius 1 is 1.07 bits per heavy atom. The Bertz CT molecular complexity index is 498. The van der Waals surface area contributed by atoms with E-state index in [2.05, 4.69) is 59.8 Å². The molecule has 0 amide bonds. The molecule has 3 fully saturated rings. The number of aliphatic hydroxyl groups excluding tert-OH is 1. The Morgan fingerprint density at radius 3 is 2.21 bits per heavy atom. The summed E-state index contributed by atoms with van der Waals surface area (Å²) in [6.45, 7) is 20.3. The molecule has 3 saturated heterocycles. The van der Waals surface area contributed by atoms with Gasteiger partial charge in [0.25, 0.3) is 0 Å². The molecule has 3 aliphatic rings. The number of epoxide rings is 2. The molecule has 1 unspecified atom stereocenters. The molecule has 3 aliphatic heterocycles. The molecule has 0 aliphatic carbocycles. The molecule has 3 rings (SSSR count). The SMILES string of the molecule is CC(C)[C@@H](CC[C@@H](C)C[C@@H](C)[C@H]1CC[C@H](C)CO1)C(C)(C)[C@H](C)C1[C@H]2[C@@H](O)[O+]12. The minimum atomic E-state index is -0.202. The number of fused-ring (bicyclic) bond motifs is 1. The van der Waals surface area contributed by atoms with Crippen molar-refractivity contribution in [3.05, 3.63) is 0 Å². The smallest absolute Gasteiger partial charge is 0.347 e. The average Bonchev–Trinajstić information content (AvgIpc) is 3.51. The Labute approximate surface area is 174 Å². The van der Waals surface area contributed by atoms with Crippen LogP contribution in [0, 0.1) is 40.9 Å². The van der Waals surface area contributed by atoms with Crippen LogP contribution in [-0.4, -0.2) is 36.3 Å². The van der Waals surface area contributed by atoms with Crippen LogP contribution in [0.2, 0.25) is 0 Å². The highest BCUT2D eigenvalue weighted by Crippen LogP contribution is 2.63. The number of rotatable bonds is 10. The molecule has 3 nitrogen and oxygen atoms in total. The maximum absolute atomic E-state index is 9.68. The van der Waals surface area contributed by atoms with Gasteiger partial charge in [0.2, 0.25) is 6.10 Å². The summed E-state index contributed by atoms with van der Waals surface area (Å²) in [6.07, 6.45) is 7.74. The van der Waals surface area contributed by atoms with Crippen LogP contribution in [0.3, 0.4) is 0 Å². The van der Waals surface area contributed by atoms with E-state index in [4.69, 9.17) is 4.74 Å². The van der Waals surface area contributed by atoms with Crippen molar-refractivity contribution in [2.75, 3.05) is 6.61 Å². The zero-order valence-electron chi connectivity index (χ0n) is 19.8. The van der Waals surface area contributed by atoms with E-state index in [-0.39, 0.29) is 6.29 Å². The van der Waals surface area contributed by atoms with E-state index < -0.39 is 0 Å². The molecule has 0 spiro atoms. The highest BCUT2D eigenvalue weighted by Gasteiger charge is 2.87. The molecule has 9 atom stereocenters. The first-order valence-electron chi connectivity index (χ1n) is 12.1. The Balaban J connectivity index is 1.47. The van der Waals surface area contributed by atoms with Gasteiger partial charge in [-0.15, -0.1) is 0 Å². The molecule has 0 radical (unpaired) electrons. The van der Waals surface area contributed by atoms with Gasteiger partial charge in [-0.1, -0.05) is 61.8 Å². The molecule has 28 heavy (non-hydrogen) atoms. The zero-order chi connectivity index (χ0) is 20.8. The first-order valence-corrected chi connectivity index (χ1v) is 12.1. The fourth-order valence-corrected chi connectivity index (χ4v) is 6.29. The number of hydrogen-bond acceptors (Lipinski definition) is 2. The van der Waals surface area contributed by atoms with Crippen LogP contribution >= 0.6 is 0 Å². The molecular weight excluding hydrogens is 348 g/mol. The molecule has 0 aromatic rings. The first-order chi connectivity index (χ1) is 13.1. The van der Waals surface area contributed by atoms with Crippen molar-refractivity contribution in [2.24, 2.45) is 40.9 Å². The van der Waals surface area contributed by atoms with Crippen molar-refractivity contribution in [3.63, 3.8) is 0 Å². The number of ether oxygens (including phenoxy) is 1. The Kier molecular flexibility index (Phi) is 6.89. The minimum absolute atomic E-state index is 0.202. The van der Waals surface area contributed by atoms with Crippen molar-refractivity contribution >= 4 is 0 Å². The fraction of sp³-hybridized carbons (Fsp3) is 1.00. The van der Waals surface area contributed by atoms with E-state index in [9.17, 15) is 5.11 Å². The van der Waals surface area contributed by atoms with Crippen molar-refractivity contribution in [3.8, 4) is 0 Å². The van der Waals surface area contributed by atoms with E-state index in [1.54, 1.807) is 0 Å². The van der Waals surface area contributed by atoms with Crippen LogP contribution < -0.4 is 0 Å². The van der Waals surface area contributed by atoms with Crippen molar-refractivity contribution in [2.45, 2.75) is 112 Å². The van der Waals surface area contributed by atoms with Gasteiger partial charge in [0.15, 0.2) is 0 Å². The highest BCUT2D eigenvalue weighted by atomic mass is 17.0. The Morgan fingerprint density at radius 2 is 1.71 bits per heavy atom. The van der Waals surface area contributed by atoms with Crippen LogP contribution in [0.15, 0.2) is 0 Å². The van der Waals surface area contributed by atoms with Crippen molar-refractivity contribution in [1.29, 1.82) is 0 Å². The highest BCUT2D eigenvalue weighted by molar-refractivity contribution is 5.13. The molecule has 0 aromatic carbocycles. The van der Waals surface area contributed by atoms with Gasteiger partial charge in [-0.2, -0.15) is 0 Å². The van der Waals surface area contributed by atoms with E-state index in [1.807, 2.05) is 0 Å². The van der Waals surface area contributed by atoms with Crippen molar-refractivity contribution in [1.82, 2.24) is 0 Å². The summed E-state index contributed by atoms with van der Waals surface area (Å²) in [4.78, 5) is 0. The largest absolute Gasteiger partial charge is 0.378 e. The van der Waals surface area contributed by atoms with Gasteiger partial charge < -0.3 is 14.2 Å². The maximum atomic E-state index is 9.68. The van der Waals surface area contributed by atoms with Crippen molar-refractivity contribution < 1.29 is 14.2 Å². The second kappa shape index (κ2) is 8.55. The van der Waals surface area contributed by atoms with Crippen LogP contribution in [0.4, 0.5) is 0 Å². The molecule has 0 saturated carbocycles. The standard InChI is InChI=1S/C25H47O3/c1-15(2)20(25(7,8)19(6)22-23-24(26)28(22)23)11-9-16(3)13-18(5)21-12-10-17(4)14-27-21/h15-24,26H,9-14H2,1-8H3/q+1/t16-,17+,18-,19-,20-,21-,22?,23+,24+/m1/s1. The predicted octanol–water partition coefficient (Wildman–Crippen LogP) is 5.81. The van der Waals surface area contributed by atoms with Gasteiger partial charge >= 0.3 is 12.4 Å². The lowest BCUT2D eigenvalue weighted by atomic mass is 9.62. The quantitative estimate of drug-likeness (QED) is 0.374. The lowest BCUT2D eigenvalue weighted by Crippen LogP contribution is -2.40. The van der Waals surface area contributed by atoms with E-state index in [0.29, 0.717) is 41.5 Å². The van der Waals surface area contributed by atoms with E-state index in [1.165, 1.54) is 32.1 Å². The third-order valence-electron chi connectivity index (χ3n) is 8.70. The molecule has 1 N–H and O–H groups in total. The Hall–Kier alpha value is -0.120. The normalized spacial score (nSPS) is 37.3. The fourth-order valence-electron chi connectivity index (χ4n) is 6.29. The van der Waals surface area contributed by atoms with Crippen LogP contribution in [0.5, 0.6) is 0 Å². The van der Waals surface area contributed by atoms with Crippen LogP contribution in [0.1, 0.15) is 87.5 Å². The maximum Gasteiger partial charge on any atom is 0.347 e. The minimum Gasteiger partial charge on any atom is -0.378 e. The van der Waals surface area contributed by atoms with Gasteiger partial charge in [-0.25, -0.2) is 0 Å². The zero-order valence-corrected chi connectivity index (χ0v) is 19.8. The second-order valence-corrected chi connectivity index (χ2v) is 11.6. The third kappa shape index (κ3) is 4.62. The topological polar surface area (TPSA) is 32.2 Å². The van der Waals surface area contributed by atoms with Gasteiger partial charge in [0.1, 0.15) is 0 Å². The summed E-state index contributed by atoms with van der Waals surface area (Å²) in [7, 11) is 0. The second-order valence-electron chi connectivity index (χ2n) is 11.6. The summed E-state index contributed by atoms with van der Waals surface area (Å²) in [5.41, 5.74) is 0.299. The summed E-state index contributed by atoms with van der Waals surface area (Å²) >= 11 is 0. The van der Waals surface area contributed by atoms with Gasteiger partial charge in [-0.05, 0) is 60.7 Å². The molecule has 3 heteroatoms. The van der Waals surface area contributed by atoms with Gasteiger partial charge in [-0.3, -0.25) is 0 Å². The number of aliphatic hydroxyl groups is 1. The lowest BCUT2D eigenvalue weighted by molar-refractivity contribution is -0.0584. The first kappa shape index (κ1) is 22.6. The lowest BCUT2D eigenvalue weighted by Gasteiger charge is -2.41. The molecule has 164 valence electrons. The summed E-state index contributed by atoms with van der Waals surface area (Å²) in [5.74, 6) is 4.22. The molecular formula is C25H47O3+. The molecule has 0 aromatic heterocycles. The van der Waals surface area contributed by atoms with Crippen LogP contribution in [0.25, 0.3) is 0 Å². The van der Waals surface area contributed by atoms with Crippen LogP contribution in [-0.2, 0) is 9.10 Å². The molecule has 0 bridgehead atoms.